The Bertz CT molecular complexity index is 107. The Morgan fingerprint density at radius 1 is 1.00 bits per heavy atom. The normalized spacial score (nSPS) is 72.0. The van der Waals surface area contributed by atoms with Crippen molar-refractivity contribution in [3.05, 3.63) is 0 Å². The third-order valence-electron chi connectivity index (χ3n) is 2.46. The van der Waals surface area contributed by atoms with E-state index in [-0.39, 0.29) is 0 Å². The highest BCUT2D eigenvalue weighted by molar-refractivity contribution is 5.11. The molecule has 2 aliphatic carbocycles. The Morgan fingerprint density at radius 3 is 1.86 bits per heavy atom. The van der Waals surface area contributed by atoms with E-state index < -0.39 is 0 Å². The minimum atomic E-state index is 0.740. The Labute approximate surface area is 42.7 Å². The quantitative estimate of drug-likeness (QED) is 0.433. The first kappa shape index (κ1) is 3.08. The zero-order chi connectivity index (χ0) is 4.43. The van der Waals surface area contributed by atoms with Crippen LogP contribution in [-0.2, 0) is 4.74 Å². The Kier molecular flexibility index (Phi) is 0.288. The zero-order valence-electron chi connectivity index (χ0n) is 4.13. The molecule has 0 radical (unpaired) electrons. The van der Waals surface area contributed by atoms with Gasteiger partial charge in [-0.1, -0.05) is 0 Å². The molecule has 3 fully saturated rings. The molecule has 0 bridgehead atoms. The number of hydrogen-bond donors (Lipinski definition) is 0. The number of hydrogen-bond acceptors (Lipinski definition) is 1. The van der Waals surface area contributed by atoms with Crippen molar-refractivity contribution in [1.82, 2.24) is 0 Å². The van der Waals surface area contributed by atoms with Gasteiger partial charge in [-0.15, -0.1) is 0 Å². The molecule has 1 aliphatic heterocycles. The highest BCUT2D eigenvalue weighted by Gasteiger charge is 2.63. The van der Waals surface area contributed by atoms with Crippen LogP contribution in [0.3, 0.4) is 0 Å². The molecule has 0 aromatic rings. The molecule has 1 nitrogen and oxygen atoms in total. The highest BCUT2D eigenvalue weighted by atomic mass is 16.5. The summed E-state index contributed by atoms with van der Waals surface area (Å²) >= 11 is 0. The standard InChI is InChI=1S/C6H8O/c1-3-4-2-6(4)7-5(1)3/h3-6H,1-2H2. The molecule has 4 unspecified atom stereocenters. The van der Waals surface area contributed by atoms with Crippen molar-refractivity contribution in [1.29, 1.82) is 0 Å². The van der Waals surface area contributed by atoms with Gasteiger partial charge in [0.05, 0.1) is 12.2 Å². The summed E-state index contributed by atoms with van der Waals surface area (Å²) in [6.45, 7) is 0. The molecule has 0 aromatic heterocycles. The molecule has 1 saturated heterocycles. The first-order valence-corrected chi connectivity index (χ1v) is 3.10. The molecule has 3 rings (SSSR count). The fraction of sp³-hybridized carbons (Fsp3) is 1.00. The number of ether oxygens (including phenoxy) is 1. The lowest BCUT2D eigenvalue weighted by Gasteiger charge is -1.89. The van der Waals surface area contributed by atoms with Gasteiger partial charge in [-0.05, 0) is 24.7 Å². The molecule has 0 amide bonds. The van der Waals surface area contributed by atoms with E-state index in [4.69, 9.17) is 4.74 Å². The molecule has 7 heavy (non-hydrogen) atoms. The van der Waals surface area contributed by atoms with E-state index >= 15 is 0 Å². The predicted molar refractivity (Wildman–Crippen MR) is 24.9 cm³/mol. The summed E-state index contributed by atoms with van der Waals surface area (Å²) in [6, 6.07) is 0. The van der Waals surface area contributed by atoms with Crippen LogP contribution in [0.25, 0.3) is 0 Å². The van der Waals surface area contributed by atoms with Gasteiger partial charge in [0.2, 0.25) is 0 Å². The second-order valence-corrected chi connectivity index (χ2v) is 3.01. The van der Waals surface area contributed by atoms with Gasteiger partial charge in [0.1, 0.15) is 0 Å². The van der Waals surface area contributed by atoms with Crippen molar-refractivity contribution >= 4 is 0 Å². The van der Waals surface area contributed by atoms with Crippen LogP contribution in [0.2, 0.25) is 0 Å². The molecule has 1 heterocycles. The summed E-state index contributed by atoms with van der Waals surface area (Å²) in [5.74, 6) is 2.06. The lowest BCUT2D eigenvalue weighted by atomic mass is 10.3. The molecule has 38 valence electrons. The van der Waals surface area contributed by atoms with Crippen LogP contribution in [0.15, 0.2) is 0 Å². The van der Waals surface area contributed by atoms with E-state index in [0.29, 0.717) is 0 Å². The van der Waals surface area contributed by atoms with Crippen LogP contribution in [0, 0.1) is 11.8 Å². The average molecular weight is 96.1 g/mol. The van der Waals surface area contributed by atoms with Gasteiger partial charge in [0, 0.05) is 0 Å². The molecule has 0 aromatic carbocycles. The maximum Gasteiger partial charge on any atom is 0.0615 e. The van der Waals surface area contributed by atoms with Crippen molar-refractivity contribution in [2.24, 2.45) is 11.8 Å². The monoisotopic (exact) mass is 96.1 g/mol. The fourth-order valence-corrected chi connectivity index (χ4v) is 1.82. The SMILES string of the molecule is C1C2OC3CC3C12. The summed E-state index contributed by atoms with van der Waals surface area (Å²) in [5, 5.41) is 0. The first-order valence-electron chi connectivity index (χ1n) is 3.10. The lowest BCUT2D eigenvalue weighted by Crippen LogP contribution is -1.90. The lowest BCUT2D eigenvalue weighted by molar-refractivity contribution is 0.121. The van der Waals surface area contributed by atoms with Crippen molar-refractivity contribution in [3.63, 3.8) is 0 Å². The molecular formula is C6H8O. The minimum Gasteiger partial charge on any atom is -0.374 e. The van der Waals surface area contributed by atoms with Gasteiger partial charge in [0.15, 0.2) is 0 Å². The van der Waals surface area contributed by atoms with E-state index in [1.54, 1.807) is 0 Å². The zero-order valence-corrected chi connectivity index (χ0v) is 4.13. The summed E-state index contributed by atoms with van der Waals surface area (Å²) in [7, 11) is 0. The van der Waals surface area contributed by atoms with E-state index in [0.717, 1.165) is 24.0 Å². The van der Waals surface area contributed by atoms with E-state index in [2.05, 4.69) is 0 Å². The van der Waals surface area contributed by atoms with Crippen LogP contribution >= 0.6 is 0 Å². The Balaban J connectivity index is 2.02. The van der Waals surface area contributed by atoms with Gasteiger partial charge in [0.25, 0.3) is 0 Å². The second-order valence-electron chi connectivity index (χ2n) is 3.01. The predicted octanol–water partition coefficient (Wildman–Crippen LogP) is 0.794. The van der Waals surface area contributed by atoms with Crippen molar-refractivity contribution in [2.45, 2.75) is 25.0 Å². The van der Waals surface area contributed by atoms with Crippen LogP contribution in [-0.4, -0.2) is 12.2 Å². The maximum atomic E-state index is 5.51. The minimum absolute atomic E-state index is 0.740. The van der Waals surface area contributed by atoms with Gasteiger partial charge < -0.3 is 4.74 Å². The first-order chi connectivity index (χ1) is 3.45. The molecule has 0 spiro atoms. The maximum absolute atomic E-state index is 5.51. The smallest absolute Gasteiger partial charge is 0.0615 e. The number of rotatable bonds is 0. The molecule has 0 N–H and O–H groups in total. The van der Waals surface area contributed by atoms with Crippen molar-refractivity contribution in [3.8, 4) is 0 Å². The van der Waals surface area contributed by atoms with Crippen LogP contribution in [0.5, 0.6) is 0 Å². The van der Waals surface area contributed by atoms with E-state index in [1.807, 2.05) is 0 Å². The largest absolute Gasteiger partial charge is 0.374 e. The summed E-state index contributed by atoms with van der Waals surface area (Å²) < 4.78 is 5.51. The van der Waals surface area contributed by atoms with E-state index in [9.17, 15) is 0 Å². The average Bonchev–Trinajstić information content (AvgIpc) is 2.47. The summed E-state index contributed by atoms with van der Waals surface area (Å²) in [5.41, 5.74) is 0. The van der Waals surface area contributed by atoms with Crippen LogP contribution in [0.4, 0.5) is 0 Å². The molecule has 1 heteroatoms. The van der Waals surface area contributed by atoms with Crippen LogP contribution in [0.1, 0.15) is 12.8 Å². The number of fused-ring (bicyclic) bond motifs is 3. The third kappa shape index (κ3) is 0.235. The van der Waals surface area contributed by atoms with Crippen molar-refractivity contribution in [2.75, 3.05) is 0 Å². The summed E-state index contributed by atoms with van der Waals surface area (Å²) in [4.78, 5) is 0. The molecule has 3 aliphatic rings. The van der Waals surface area contributed by atoms with Crippen molar-refractivity contribution < 1.29 is 4.74 Å². The molecular weight excluding hydrogens is 88.1 g/mol. The van der Waals surface area contributed by atoms with Gasteiger partial charge in [-0.25, -0.2) is 0 Å². The van der Waals surface area contributed by atoms with Gasteiger partial charge in [-0.2, -0.15) is 0 Å². The third-order valence-corrected chi connectivity index (χ3v) is 2.46. The summed E-state index contributed by atoms with van der Waals surface area (Å²) in [6.07, 6.45) is 4.26. The Morgan fingerprint density at radius 2 is 1.57 bits per heavy atom. The van der Waals surface area contributed by atoms with E-state index in [1.165, 1.54) is 12.8 Å². The second kappa shape index (κ2) is 0.655. The Hall–Kier alpha value is -0.0400. The molecule has 4 atom stereocenters. The van der Waals surface area contributed by atoms with Gasteiger partial charge >= 0.3 is 0 Å². The fourth-order valence-electron chi connectivity index (χ4n) is 1.82. The molecule has 2 saturated carbocycles. The topological polar surface area (TPSA) is 9.23 Å². The van der Waals surface area contributed by atoms with Gasteiger partial charge in [-0.3, -0.25) is 0 Å². The van der Waals surface area contributed by atoms with Crippen LogP contribution < -0.4 is 0 Å². The highest BCUT2D eigenvalue weighted by Crippen LogP contribution is 2.61.